The van der Waals surface area contributed by atoms with Gasteiger partial charge in [-0.1, -0.05) is 77.6 Å². The molecule has 0 bridgehead atoms. The lowest BCUT2D eigenvalue weighted by molar-refractivity contribution is -0.117. The summed E-state index contributed by atoms with van der Waals surface area (Å²) in [5, 5.41) is 2.74. The molecule has 0 aliphatic carbocycles. The summed E-state index contributed by atoms with van der Waals surface area (Å²) < 4.78 is 0. The summed E-state index contributed by atoms with van der Waals surface area (Å²) in [6, 6.07) is 0. The lowest BCUT2D eigenvalue weighted by Gasteiger charge is -2.03. The predicted octanol–water partition coefficient (Wildman–Crippen LogP) is 3.85. The zero-order chi connectivity index (χ0) is 16.5. The number of primary amides is 1. The Hall–Kier alpha value is -1.32. The third-order valence-corrected chi connectivity index (χ3v) is 3.73. The fourth-order valence-corrected chi connectivity index (χ4v) is 2.39. The quantitative estimate of drug-likeness (QED) is 0.356. The second kappa shape index (κ2) is 16.1. The summed E-state index contributed by atoms with van der Waals surface area (Å²) in [6.07, 6.45) is 17.9. The molecule has 22 heavy (non-hydrogen) atoms. The smallest absolute Gasteiger partial charge is 0.244 e. The van der Waals surface area contributed by atoms with Gasteiger partial charge in [0.15, 0.2) is 0 Å². The molecule has 0 heterocycles. The number of nitrogens with one attached hydrogen (secondary N) is 1. The Balaban J connectivity index is 3.17. The zero-order valence-corrected chi connectivity index (χ0v) is 14.2. The van der Waals surface area contributed by atoms with Crippen molar-refractivity contribution in [3.05, 3.63) is 12.2 Å². The molecular formula is C18H34N2O2. The Kier molecular flexibility index (Phi) is 15.1. The Labute approximate surface area is 135 Å². The molecule has 0 atom stereocenters. The fourth-order valence-electron chi connectivity index (χ4n) is 2.39. The van der Waals surface area contributed by atoms with Crippen LogP contribution in [0.15, 0.2) is 12.2 Å². The number of nitrogens with two attached hydrogens (primary N) is 1. The van der Waals surface area contributed by atoms with Crippen LogP contribution in [0.25, 0.3) is 0 Å². The van der Waals surface area contributed by atoms with E-state index in [4.69, 9.17) is 5.73 Å². The minimum Gasteiger partial charge on any atom is -0.366 e. The second-order valence-electron chi connectivity index (χ2n) is 5.92. The van der Waals surface area contributed by atoms with Gasteiger partial charge in [-0.2, -0.15) is 0 Å². The van der Waals surface area contributed by atoms with Crippen molar-refractivity contribution in [3.8, 4) is 0 Å². The highest BCUT2D eigenvalue weighted by Crippen LogP contribution is 2.11. The summed E-state index contributed by atoms with van der Waals surface area (Å²) in [5.74, 6) is -0.845. The van der Waals surface area contributed by atoms with E-state index in [1.807, 2.05) is 0 Å². The normalized spacial score (nSPS) is 11.0. The first-order valence-electron chi connectivity index (χ1n) is 8.92. The van der Waals surface area contributed by atoms with E-state index in [9.17, 15) is 9.59 Å². The van der Waals surface area contributed by atoms with Crippen molar-refractivity contribution >= 4 is 11.8 Å². The number of carbonyl (C=O) groups excluding carboxylic acids is 2. The minimum absolute atomic E-state index is 0.248. The SMILES string of the molecule is CCCCCCCCCCCCCCNC(=O)/C=C\C(N)=O. The van der Waals surface area contributed by atoms with Gasteiger partial charge in [0, 0.05) is 18.7 Å². The van der Waals surface area contributed by atoms with Crippen molar-refractivity contribution in [1.82, 2.24) is 5.32 Å². The van der Waals surface area contributed by atoms with Crippen LogP contribution in [0.5, 0.6) is 0 Å². The summed E-state index contributed by atoms with van der Waals surface area (Å²) in [7, 11) is 0. The van der Waals surface area contributed by atoms with Crippen LogP contribution < -0.4 is 11.1 Å². The van der Waals surface area contributed by atoms with Crippen LogP contribution in [0.4, 0.5) is 0 Å². The van der Waals surface area contributed by atoms with Crippen LogP contribution in [0, 0.1) is 0 Å². The number of hydrogen-bond donors (Lipinski definition) is 2. The van der Waals surface area contributed by atoms with Gasteiger partial charge in [0.2, 0.25) is 11.8 Å². The van der Waals surface area contributed by atoms with E-state index in [1.54, 1.807) is 0 Å². The van der Waals surface area contributed by atoms with E-state index in [1.165, 1.54) is 70.3 Å². The molecule has 4 heteroatoms. The van der Waals surface area contributed by atoms with Gasteiger partial charge in [-0.25, -0.2) is 0 Å². The van der Waals surface area contributed by atoms with Crippen LogP contribution in [0.2, 0.25) is 0 Å². The van der Waals surface area contributed by atoms with Gasteiger partial charge in [0.1, 0.15) is 0 Å². The molecular weight excluding hydrogens is 276 g/mol. The Morgan fingerprint density at radius 2 is 1.23 bits per heavy atom. The largest absolute Gasteiger partial charge is 0.366 e. The monoisotopic (exact) mass is 310 g/mol. The maximum atomic E-state index is 11.2. The molecule has 0 radical (unpaired) electrons. The van der Waals surface area contributed by atoms with Gasteiger partial charge < -0.3 is 11.1 Å². The molecule has 0 aromatic heterocycles. The van der Waals surface area contributed by atoms with E-state index >= 15 is 0 Å². The van der Waals surface area contributed by atoms with Gasteiger partial charge in [-0.3, -0.25) is 9.59 Å². The van der Waals surface area contributed by atoms with Crippen LogP contribution in [-0.4, -0.2) is 18.4 Å². The second-order valence-corrected chi connectivity index (χ2v) is 5.92. The maximum Gasteiger partial charge on any atom is 0.244 e. The van der Waals surface area contributed by atoms with E-state index in [0.29, 0.717) is 6.54 Å². The average molecular weight is 310 g/mol. The number of carbonyl (C=O) groups is 2. The van der Waals surface area contributed by atoms with Crippen molar-refractivity contribution < 1.29 is 9.59 Å². The zero-order valence-electron chi connectivity index (χ0n) is 14.2. The van der Waals surface area contributed by atoms with Gasteiger partial charge >= 0.3 is 0 Å². The molecule has 128 valence electrons. The molecule has 0 aliphatic rings. The lowest BCUT2D eigenvalue weighted by atomic mass is 10.1. The highest BCUT2D eigenvalue weighted by atomic mass is 16.2. The lowest BCUT2D eigenvalue weighted by Crippen LogP contribution is -2.22. The summed E-state index contributed by atoms with van der Waals surface area (Å²) in [5.41, 5.74) is 4.91. The summed E-state index contributed by atoms with van der Waals surface area (Å²) >= 11 is 0. The highest BCUT2D eigenvalue weighted by molar-refractivity contribution is 5.95. The van der Waals surface area contributed by atoms with E-state index < -0.39 is 5.91 Å². The Morgan fingerprint density at radius 1 is 0.773 bits per heavy atom. The van der Waals surface area contributed by atoms with Gasteiger partial charge in [-0.15, -0.1) is 0 Å². The third kappa shape index (κ3) is 16.7. The number of hydrogen-bond acceptors (Lipinski definition) is 2. The Morgan fingerprint density at radius 3 is 1.68 bits per heavy atom. The van der Waals surface area contributed by atoms with E-state index in [2.05, 4.69) is 12.2 Å². The molecule has 0 spiro atoms. The van der Waals surface area contributed by atoms with Crippen molar-refractivity contribution in [2.75, 3.05) is 6.54 Å². The number of amides is 2. The molecule has 0 rings (SSSR count). The average Bonchev–Trinajstić information content (AvgIpc) is 2.49. The van der Waals surface area contributed by atoms with Gasteiger partial charge in [0.25, 0.3) is 0 Å². The summed E-state index contributed by atoms with van der Waals surface area (Å²) in [6.45, 7) is 2.92. The summed E-state index contributed by atoms with van der Waals surface area (Å²) in [4.78, 5) is 21.7. The van der Waals surface area contributed by atoms with Crippen molar-refractivity contribution in [2.45, 2.75) is 84.0 Å². The van der Waals surface area contributed by atoms with Crippen molar-refractivity contribution in [1.29, 1.82) is 0 Å². The molecule has 0 saturated carbocycles. The molecule has 0 saturated heterocycles. The molecule has 2 amide bonds. The predicted molar refractivity (Wildman–Crippen MR) is 92.4 cm³/mol. The minimum atomic E-state index is -0.597. The van der Waals surface area contributed by atoms with E-state index in [0.717, 1.165) is 18.9 Å². The van der Waals surface area contributed by atoms with Gasteiger partial charge in [-0.05, 0) is 6.42 Å². The van der Waals surface area contributed by atoms with Crippen molar-refractivity contribution in [3.63, 3.8) is 0 Å². The number of unbranched alkanes of at least 4 members (excludes halogenated alkanes) is 11. The molecule has 3 N–H and O–H groups in total. The van der Waals surface area contributed by atoms with E-state index in [-0.39, 0.29) is 5.91 Å². The highest BCUT2D eigenvalue weighted by Gasteiger charge is 1.96. The Bertz CT molecular complexity index is 314. The maximum absolute atomic E-state index is 11.2. The van der Waals surface area contributed by atoms with Crippen LogP contribution in [-0.2, 0) is 9.59 Å². The molecule has 0 aliphatic heterocycles. The fraction of sp³-hybridized carbons (Fsp3) is 0.778. The molecule has 0 unspecified atom stereocenters. The van der Waals surface area contributed by atoms with Crippen LogP contribution in [0.3, 0.4) is 0 Å². The topological polar surface area (TPSA) is 72.2 Å². The molecule has 4 nitrogen and oxygen atoms in total. The van der Waals surface area contributed by atoms with Crippen LogP contribution >= 0.6 is 0 Å². The van der Waals surface area contributed by atoms with Crippen LogP contribution in [0.1, 0.15) is 84.0 Å². The number of rotatable bonds is 15. The molecule has 0 fully saturated rings. The molecule has 0 aromatic rings. The standard InChI is InChI=1S/C18H34N2O2/c1-2-3-4-5-6-7-8-9-10-11-12-13-16-20-18(22)15-14-17(19)21/h14-15H,2-13,16H2,1H3,(H2,19,21)(H,20,22)/b15-14-. The van der Waals surface area contributed by atoms with Crippen molar-refractivity contribution in [2.24, 2.45) is 5.73 Å². The first kappa shape index (κ1) is 20.7. The first-order chi connectivity index (χ1) is 10.7. The molecule has 0 aromatic carbocycles. The third-order valence-electron chi connectivity index (χ3n) is 3.73. The van der Waals surface area contributed by atoms with Gasteiger partial charge in [0.05, 0.1) is 0 Å². The first-order valence-corrected chi connectivity index (χ1v) is 8.92.